The Morgan fingerprint density at radius 3 is 2.58 bits per heavy atom. The minimum atomic E-state index is -0.224. The van der Waals surface area contributed by atoms with Crippen LogP contribution in [0, 0.1) is 5.82 Å². The fourth-order valence-electron chi connectivity index (χ4n) is 2.03. The van der Waals surface area contributed by atoms with E-state index in [4.69, 9.17) is 10.2 Å². The van der Waals surface area contributed by atoms with E-state index in [1.807, 2.05) is 12.1 Å². The van der Waals surface area contributed by atoms with E-state index in [2.05, 4.69) is 4.98 Å². The van der Waals surface area contributed by atoms with Gasteiger partial charge < -0.3 is 10.2 Å². The maximum absolute atomic E-state index is 12.8. The number of hydrogen-bond donors (Lipinski definition) is 1. The van der Waals surface area contributed by atoms with Crippen LogP contribution < -0.4 is 5.73 Å². The van der Waals surface area contributed by atoms with Crippen LogP contribution in [0.3, 0.4) is 0 Å². The minimum absolute atomic E-state index is 0.224. The molecule has 0 saturated heterocycles. The first kappa shape index (κ1) is 11.7. The summed E-state index contributed by atoms with van der Waals surface area (Å²) in [6.07, 6.45) is 1.42. The van der Waals surface area contributed by atoms with Crippen LogP contribution >= 0.6 is 0 Å². The lowest BCUT2D eigenvalue weighted by atomic mass is 10.1. The molecule has 96 valence electrons. The topological polar surface area (TPSA) is 52.0 Å². The smallest absolute Gasteiger partial charge is 0.195 e. The Hall–Kier alpha value is -2.36. The lowest BCUT2D eigenvalue weighted by molar-refractivity contribution is 0.529. The van der Waals surface area contributed by atoms with Crippen molar-refractivity contribution in [1.82, 2.24) is 4.98 Å². The number of para-hydroxylation sites is 1. The van der Waals surface area contributed by atoms with Gasteiger partial charge in [0.2, 0.25) is 0 Å². The Kier molecular flexibility index (Phi) is 2.91. The summed E-state index contributed by atoms with van der Waals surface area (Å²) in [5.74, 6) is 0.426. The second-order valence-electron chi connectivity index (χ2n) is 4.43. The standard InChI is InChI=1S/C15H13FN2O/c16-11-7-4-10(5-8-11)6-9-14-18-13-3-1-2-12(17)15(13)19-14/h1-5,7-8H,6,9,17H2. The van der Waals surface area contributed by atoms with E-state index in [1.165, 1.54) is 12.1 Å². The molecule has 0 atom stereocenters. The third-order valence-corrected chi connectivity index (χ3v) is 3.03. The quantitative estimate of drug-likeness (QED) is 0.731. The molecular formula is C15H13FN2O. The molecule has 1 aromatic heterocycles. The minimum Gasteiger partial charge on any atom is -0.439 e. The SMILES string of the molecule is Nc1cccc2nc(CCc3ccc(F)cc3)oc12. The highest BCUT2D eigenvalue weighted by Crippen LogP contribution is 2.22. The number of aromatic nitrogens is 1. The molecule has 0 aliphatic rings. The van der Waals surface area contributed by atoms with Gasteiger partial charge >= 0.3 is 0 Å². The van der Waals surface area contributed by atoms with Crippen molar-refractivity contribution in [2.75, 3.05) is 5.73 Å². The number of hydrogen-bond acceptors (Lipinski definition) is 3. The second-order valence-corrected chi connectivity index (χ2v) is 4.43. The molecule has 0 amide bonds. The third-order valence-electron chi connectivity index (χ3n) is 3.03. The van der Waals surface area contributed by atoms with Gasteiger partial charge in [0, 0.05) is 6.42 Å². The summed E-state index contributed by atoms with van der Waals surface area (Å²) in [6.45, 7) is 0. The van der Waals surface area contributed by atoms with E-state index in [0.717, 1.165) is 17.5 Å². The summed E-state index contributed by atoms with van der Waals surface area (Å²) < 4.78 is 18.4. The molecule has 0 aliphatic heterocycles. The highest BCUT2D eigenvalue weighted by Gasteiger charge is 2.08. The first-order chi connectivity index (χ1) is 9.22. The molecule has 4 heteroatoms. The number of oxazole rings is 1. The predicted molar refractivity (Wildman–Crippen MR) is 72.2 cm³/mol. The largest absolute Gasteiger partial charge is 0.439 e. The van der Waals surface area contributed by atoms with Crippen molar-refractivity contribution in [2.24, 2.45) is 0 Å². The molecule has 2 aromatic carbocycles. The molecule has 0 fully saturated rings. The molecule has 0 bridgehead atoms. The van der Waals surface area contributed by atoms with E-state index in [0.29, 0.717) is 23.6 Å². The van der Waals surface area contributed by atoms with Crippen LogP contribution in [0.25, 0.3) is 11.1 Å². The van der Waals surface area contributed by atoms with Crippen molar-refractivity contribution in [3.05, 3.63) is 59.7 Å². The van der Waals surface area contributed by atoms with Gasteiger partial charge in [-0.25, -0.2) is 9.37 Å². The molecule has 3 aromatic rings. The normalized spacial score (nSPS) is 11.0. The van der Waals surface area contributed by atoms with Crippen molar-refractivity contribution in [3.63, 3.8) is 0 Å². The number of nitrogen functional groups attached to an aromatic ring is 1. The van der Waals surface area contributed by atoms with Gasteiger partial charge in [-0.3, -0.25) is 0 Å². The van der Waals surface area contributed by atoms with Crippen LogP contribution in [0.4, 0.5) is 10.1 Å². The molecule has 0 radical (unpaired) electrons. The average molecular weight is 256 g/mol. The first-order valence-corrected chi connectivity index (χ1v) is 6.11. The van der Waals surface area contributed by atoms with Crippen molar-refractivity contribution in [2.45, 2.75) is 12.8 Å². The van der Waals surface area contributed by atoms with Crippen LogP contribution in [0.2, 0.25) is 0 Å². The van der Waals surface area contributed by atoms with Crippen molar-refractivity contribution in [3.8, 4) is 0 Å². The van der Waals surface area contributed by atoms with Gasteiger partial charge in [0.1, 0.15) is 11.3 Å². The van der Waals surface area contributed by atoms with E-state index in [1.54, 1.807) is 18.2 Å². The van der Waals surface area contributed by atoms with Gasteiger partial charge in [0.05, 0.1) is 5.69 Å². The van der Waals surface area contributed by atoms with Crippen LogP contribution in [0.5, 0.6) is 0 Å². The average Bonchev–Trinajstić information content (AvgIpc) is 2.83. The molecule has 2 N–H and O–H groups in total. The fraction of sp³-hybridized carbons (Fsp3) is 0.133. The summed E-state index contributed by atoms with van der Waals surface area (Å²) >= 11 is 0. The fourth-order valence-corrected chi connectivity index (χ4v) is 2.03. The van der Waals surface area contributed by atoms with E-state index < -0.39 is 0 Å². The molecule has 0 spiro atoms. The monoisotopic (exact) mass is 256 g/mol. The zero-order chi connectivity index (χ0) is 13.2. The highest BCUT2D eigenvalue weighted by molar-refractivity contribution is 5.84. The number of benzene rings is 2. The van der Waals surface area contributed by atoms with Gasteiger partial charge in [0.15, 0.2) is 11.5 Å². The number of nitrogens with zero attached hydrogens (tertiary/aromatic N) is 1. The van der Waals surface area contributed by atoms with Gasteiger partial charge in [-0.05, 0) is 36.2 Å². The number of fused-ring (bicyclic) bond motifs is 1. The lowest BCUT2D eigenvalue weighted by Crippen LogP contribution is -1.91. The summed E-state index contributed by atoms with van der Waals surface area (Å²) in [5.41, 5.74) is 8.87. The zero-order valence-electron chi connectivity index (χ0n) is 10.3. The summed E-state index contributed by atoms with van der Waals surface area (Å²) in [4.78, 5) is 4.39. The van der Waals surface area contributed by atoms with Gasteiger partial charge in [-0.1, -0.05) is 18.2 Å². The van der Waals surface area contributed by atoms with Gasteiger partial charge in [-0.2, -0.15) is 0 Å². The Morgan fingerprint density at radius 1 is 1.05 bits per heavy atom. The van der Waals surface area contributed by atoms with Crippen LogP contribution in [-0.2, 0) is 12.8 Å². The molecule has 1 heterocycles. The third kappa shape index (κ3) is 2.42. The first-order valence-electron chi connectivity index (χ1n) is 6.11. The Morgan fingerprint density at radius 2 is 1.84 bits per heavy atom. The van der Waals surface area contributed by atoms with E-state index in [-0.39, 0.29) is 5.82 Å². The molecule has 0 unspecified atom stereocenters. The number of aryl methyl sites for hydroxylation is 2. The highest BCUT2D eigenvalue weighted by atomic mass is 19.1. The maximum Gasteiger partial charge on any atom is 0.195 e. The Balaban J connectivity index is 1.78. The number of anilines is 1. The predicted octanol–water partition coefficient (Wildman–Crippen LogP) is 3.33. The molecule has 3 nitrogen and oxygen atoms in total. The van der Waals surface area contributed by atoms with Crippen molar-refractivity contribution < 1.29 is 8.81 Å². The number of nitrogens with two attached hydrogens (primary N) is 1. The number of rotatable bonds is 3. The Labute approximate surface area is 109 Å². The molecule has 0 saturated carbocycles. The number of halogens is 1. The van der Waals surface area contributed by atoms with Crippen LogP contribution in [0.1, 0.15) is 11.5 Å². The van der Waals surface area contributed by atoms with Gasteiger partial charge in [-0.15, -0.1) is 0 Å². The maximum atomic E-state index is 12.8. The molecule has 0 aliphatic carbocycles. The van der Waals surface area contributed by atoms with Crippen molar-refractivity contribution >= 4 is 16.8 Å². The van der Waals surface area contributed by atoms with E-state index in [9.17, 15) is 4.39 Å². The summed E-state index contributed by atoms with van der Waals surface area (Å²) in [7, 11) is 0. The lowest BCUT2D eigenvalue weighted by Gasteiger charge is -1.98. The van der Waals surface area contributed by atoms with Crippen LogP contribution in [0.15, 0.2) is 46.9 Å². The molecule has 19 heavy (non-hydrogen) atoms. The summed E-state index contributed by atoms with van der Waals surface area (Å²) in [6, 6.07) is 12.0. The van der Waals surface area contributed by atoms with Crippen molar-refractivity contribution in [1.29, 1.82) is 0 Å². The summed E-state index contributed by atoms with van der Waals surface area (Å²) in [5, 5.41) is 0. The molecular weight excluding hydrogens is 243 g/mol. The van der Waals surface area contributed by atoms with Crippen LogP contribution in [-0.4, -0.2) is 4.98 Å². The van der Waals surface area contributed by atoms with Gasteiger partial charge in [0.25, 0.3) is 0 Å². The zero-order valence-corrected chi connectivity index (χ0v) is 10.3. The van der Waals surface area contributed by atoms with E-state index >= 15 is 0 Å². The molecule has 3 rings (SSSR count). The second kappa shape index (κ2) is 4.72. The Bertz CT molecular complexity index is 704.